The van der Waals surface area contributed by atoms with E-state index in [2.05, 4.69) is 20.9 Å². The number of amides is 3. The summed E-state index contributed by atoms with van der Waals surface area (Å²) in [6, 6.07) is 15.1. The Balaban J connectivity index is 1.53. The van der Waals surface area contributed by atoms with Crippen LogP contribution in [0.5, 0.6) is 0 Å². The number of urea groups is 1. The van der Waals surface area contributed by atoms with Gasteiger partial charge in [0, 0.05) is 44.4 Å². The van der Waals surface area contributed by atoms with Crippen molar-refractivity contribution in [1.29, 1.82) is 0 Å². The standard InChI is InChI=1S/C18H22N4O2/c23-17(20-12-9-16-8-4-5-11-19-16)10-13-21-18(24)22-14-15-6-2-1-3-7-15/h1-8,11H,9-10,12-14H2,(H,20,23)(H2,21,22,24). The predicted molar refractivity (Wildman–Crippen MR) is 92.2 cm³/mol. The second kappa shape index (κ2) is 9.99. The van der Waals surface area contributed by atoms with Gasteiger partial charge in [-0.1, -0.05) is 36.4 Å². The summed E-state index contributed by atoms with van der Waals surface area (Å²) in [5.74, 6) is -0.0886. The topological polar surface area (TPSA) is 83.1 Å². The van der Waals surface area contributed by atoms with Crippen LogP contribution in [-0.4, -0.2) is 30.0 Å². The van der Waals surface area contributed by atoms with Crippen LogP contribution in [0.1, 0.15) is 17.7 Å². The minimum Gasteiger partial charge on any atom is -0.356 e. The Hall–Kier alpha value is -2.89. The number of hydrogen-bond acceptors (Lipinski definition) is 3. The van der Waals surface area contributed by atoms with Crippen molar-refractivity contribution in [2.75, 3.05) is 13.1 Å². The van der Waals surface area contributed by atoms with Crippen LogP contribution in [0.3, 0.4) is 0 Å². The minimum atomic E-state index is -0.278. The van der Waals surface area contributed by atoms with Gasteiger partial charge >= 0.3 is 6.03 Å². The molecule has 0 aliphatic heterocycles. The molecule has 24 heavy (non-hydrogen) atoms. The van der Waals surface area contributed by atoms with Crippen LogP contribution >= 0.6 is 0 Å². The van der Waals surface area contributed by atoms with E-state index in [1.165, 1.54) is 0 Å². The lowest BCUT2D eigenvalue weighted by Gasteiger charge is -2.08. The monoisotopic (exact) mass is 326 g/mol. The Morgan fingerprint density at radius 2 is 1.67 bits per heavy atom. The molecule has 126 valence electrons. The van der Waals surface area contributed by atoms with Gasteiger partial charge in [0.25, 0.3) is 0 Å². The maximum Gasteiger partial charge on any atom is 0.315 e. The van der Waals surface area contributed by atoms with Crippen molar-refractivity contribution in [2.24, 2.45) is 0 Å². The number of carbonyl (C=O) groups is 2. The number of pyridine rings is 1. The molecule has 0 unspecified atom stereocenters. The molecule has 0 aliphatic carbocycles. The van der Waals surface area contributed by atoms with Gasteiger partial charge in [-0.2, -0.15) is 0 Å². The number of aromatic nitrogens is 1. The fourth-order valence-electron chi connectivity index (χ4n) is 2.09. The molecular weight excluding hydrogens is 304 g/mol. The highest BCUT2D eigenvalue weighted by Gasteiger charge is 2.04. The summed E-state index contributed by atoms with van der Waals surface area (Å²) in [5, 5.41) is 8.23. The van der Waals surface area contributed by atoms with E-state index in [1.807, 2.05) is 48.5 Å². The Morgan fingerprint density at radius 1 is 0.875 bits per heavy atom. The zero-order valence-corrected chi connectivity index (χ0v) is 13.5. The minimum absolute atomic E-state index is 0.0886. The second-order valence-electron chi connectivity index (χ2n) is 5.27. The summed E-state index contributed by atoms with van der Waals surface area (Å²) < 4.78 is 0. The second-order valence-corrected chi connectivity index (χ2v) is 5.27. The molecule has 0 bridgehead atoms. The third-order valence-corrected chi connectivity index (χ3v) is 3.36. The first kappa shape index (κ1) is 17.5. The van der Waals surface area contributed by atoms with Crippen LogP contribution in [0.25, 0.3) is 0 Å². The first-order chi connectivity index (χ1) is 11.7. The Bertz CT molecular complexity index is 632. The molecular formula is C18H22N4O2. The van der Waals surface area contributed by atoms with Gasteiger partial charge in [-0.15, -0.1) is 0 Å². The van der Waals surface area contributed by atoms with E-state index in [0.717, 1.165) is 11.3 Å². The van der Waals surface area contributed by atoms with Gasteiger partial charge in [0.05, 0.1) is 0 Å². The molecule has 6 nitrogen and oxygen atoms in total. The highest BCUT2D eigenvalue weighted by molar-refractivity contribution is 5.78. The molecule has 3 amide bonds. The summed E-state index contributed by atoms with van der Waals surface area (Å²) in [5.41, 5.74) is 1.97. The molecule has 6 heteroatoms. The molecule has 0 atom stereocenters. The van der Waals surface area contributed by atoms with Crippen molar-refractivity contribution in [3.05, 3.63) is 66.0 Å². The van der Waals surface area contributed by atoms with Crippen LogP contribution in [0.4, 0.5) is 4.79 Å². The van der Waals surface area contributed by atoms with Crippen molar-refractivity contribution < 1.29 is 9.59 Å². The maximum absolute atomic E-state index is 11.7. The Labute approximate surface area is 141 Å². The van der Waals surface area contributed by atoms with Gasteiger partial charge in [0.15, 0.2) is 0 Å². The van der Waals surface area contributed by atoms with Crippen LogP contribution in [0.2, 0.25) is 0 Å². The smallest absolute Gasteiger partial charge is 0.315 e. The van der Waals surface area contributed by atoms with E-state index in [1.54, 1.807) is 6.20 Å². The van der Waals surface area contributed by atoms with E-state index in [9.17, 15) is 9.59 Å². The van der Waals surface area contributed by atoms with E-state index in [-0.39, 0.29) is 18.4 Å². The average Bonchev–Trinajstić information content (AvgIpc) is 2.62. The van der Waals surface area contributed by atoms with Gasteiger partial charge in [-0.05, 0) is 17.7 Å². The van der Waals surface area contributed by atoms with E-state index >= 15 is 0 Å². The third kappa shape index (κ3) is 6.91. The summed E-state index contributed by atoms with van der Waals surface area (Å²) in [6.45, 7) is 1.30. The third-order valence-electron chi connectivity index (χ3n) is 3.36. The molecule has 1 heterocycles. The number of benzene rings is 1. The highest BCUT2D eigenvalue weighted by Crippen LogP contribution is 1.96. The molecule has 2 rings (SSSR count). The SMILES string of the molecule is O=C(CCNC(=O)NCc1ccccc1)NCCc1ccccn1. The summed E-state index contributed by atoms with van der Waals surface area (Å²) in [7, 11) is 0. The van der Waals surface area contributed by atoms with Crippen molar-refractivity contribution >= 4 is 11.9 Å². The molecule has 0 saturated carbocycles. The van der Waals surface area contributed by atoms with Crippen molar-refractivity contribution in [2.45, 2.75) is 19.4 Å². The summed E-state index contributed by atoms with van der Waals surface area (Å²) in [4.78, 5) is 27.5. The van der Waals surface area contributed by atoms with E-state index in [0.29, 0.717) is 26.1 Å². The van der Waals surface area contributed by atoms with Gasteiger partial charge in [0.1, 0.15) is 0 Å². The number of hydrogen-bond donors (Lipinski definition) is 3. The van der Waals surface area contributed by atoms with Crippen molar-refractivity contribution in [3.8, 4) is 0 Å². The lowest BCUT2D eigenvalue weighted by Crippen LogP contribution is -2.37. The molecule has 0 spiro atoms. The van der Waals surface area contributed by atoms with Crippen LogP contribution < -0.4 is 16.0 Å². The highest BCUT2D eigenvalue weighted by atomic mass is 16.2. The predicted octanol–water partition coefficient (Wildman–Crippen LogP) is 1.63. The van der Waals surface area contributed by atoms with Gasteiger partial charge in [-0.25, -0.2) is 4.79 Å². The number of nitrogens with zero attached hydrogens (tertiary/aromatic N) is 1. The fraction of sp³-hybridized carbons (Fsp3) is 0.278. The Kier molecular flexibility index (Phi) is 7.27. The molecule has 2 aromatic rings. The van der Waals surface area contributed by atoms with Crippen molar-refractivity contribution in [3.63, 3.8) is 0 Å². The zero-order chi connectivity index (χ0) is 17.0. The quantitative estimate of drug-likeness (QED) is 0.689. The lowest BCUT2D eigenvalue weighted by molar-refractivity contribution is -0.120. The molecule has 1 aromatic heterocycles. The first-order valence-corrected chi connectivity index (χ1v) is 7.96. The largest absolute Gasteiger partial charge is 0.356 e. The number of rotatable bonds is 8. The number of nitrogens with one attached hydrogen (secondary N) is 3. The molecule has 0 saturated heterocycles. The average molecular weight is 326 g/mol. The summed E-state index contributed by atoms with van der Waals surface area (Å²) >= 11 is 0. The fourth-order valence-corrected chi connectivity index (χ4v) is 2.09. The van der Waals surface area contributed by atoms with E-state index < -0.39 is 0 Å². The lowest BCUT2D eigenvalue weighted by atomic mass is 10.2. The number of carbonyl (C=O) groups excluding carboxylic acids is 2. The molecule has 3 N–H and O–H groups in total. The molecule has 0 fully saturated rings. The van der Waals surface area contributed by atoms with Crippen molar-refractivity contribution in [1.82, 2.24) is 20.9 Å². The molecule has 1 aromatic carbocycles. The van der Waals surface area contributed by atoms with Gasteiger partial charge in [0.2, 0.25) is 5.91 Å². The van der Waals surface area contributed by atoms with Crippen LogP contribution in [-0.2, 0) is 17.8 Å². The first-order valence-electron chi connectivity index (χ1n) is 7.96. The van der Waals surface area contributed by atoms with Crippen LogP contribution in [0, 0.1) is 0 Å². The summed E-state index contributed by atoms with van der Waals surface area (Å²) in [6.07, 6.45) is 2.67. The zero-order valence-electron chi connectivity index (χ0n) is 13.5. The van der Waals surface area contributed by atoms with Gasteiger partial charge < -0.3 is 16.0 Å². The van der Waals surface area contributed by atoms with Gasteiger partial charge in [-0.3, -0.25) is 9.78 Å². The maximum atomic E-state index is 11.7. The molecule has 0 radical (unpaired) electrons. The Morgan fingerprint density at radius 3 is 2.42 bits per heavy atom. The van der Waals surface area contributed by atoms with E-state index in [4.69, 9.17) is 0 Å². The normalized spacial score (nSPS) is 10.0. The van der Waals surface area contributed by atoms with Crippen LogP contribution in [0.15, 0.2) is 54.7 Å². The molecule has 0 aliphatic rings.